The van der Waals surface area contributed by atoms with Gasteiger partial charge in [-0.3, -0.25) is 19.7 Å². The first-order chi connectivity index (χ1) is 13.5. The van der Waals surface area contributed by atoms with Crippen molar-refractivity contribution in [3.05, 3.63) is 64.2 Å². The number of nitrogens with zero attached hydrogens (tertiary/aromatic N) is 2. The number of ether oxygens (including phenoxy) is 2. The van der Waals surface area contributed by atoms with Gasteiger partial charge in [-0.2, -0.15) is 5.10 Å². The Morgan fingerprint density at radius 2 is 1.89 bits per heavy atom. The van der Waals surface area contributed by atoms with Crippen LogP contribution in [-0.4, -0.2) is 42.2 Å². The van der Waals surface area contributed by atoms with E-state index in [-0.39, 0.29) is 18.8 Å². The van der Waals surface area contributed by atoms with Crippen LogP contribution in [0.5, 0.6) is 11.5 Å². The van der Waals surface area contributed by atoms with Crippen molar-refractivity contribution >= 4 is 23.7 Å². The van der Waals surface area contributed by atoms with Crippen LogP contribution in [0.15, 0.2) is 53.6 Å². The normalized spacial score (nSPS) is 15.1. The number of hydrogen-bond donors (Lipinski definition) is 2. The number of hydrogen-bond acceptors (Lipinski definition) is 7. The van der Waals surface area contributed by atoms with Crippen LogP contribution >= 0.6 is 0 Å². The fourth-order valence-electron chi connectivity index (χ4n) is 2.33. The van der Waals surface area contributed by atoms with Crippen LogP contribution in [-0.2, 0) is 9.59 Å². The highest BCUT2D eigenvalue weighted by Crippen LogP contribution is 2.30. The van der Waals surface area contributed by atoms with Crippen molar-refractivity contribution in [2.24, 2.45) is 5.10 Å². The van der Waals surface area contributed by atoms with E-state index in [2.05, 4.69) is 15.8 Å². The summed E-state index contributed by atoms with van der Waals surface area (Å²) >= 11 is 0. The summed E-state index contributed by atoms with van der Waals surface area (Å²) in [5, 5.41) is 16.8. The number of carbonyl (C=O) groups is 2. The van der Waals surface area contributed by atoms with E-state index in [4.69, 9.17) is 9.47 Å². The second-order valence-corrected chi connectivity index (χ2v) is 5.72. The number of benzene rings is 2. The number of non-ortho nitro benzene ring substituents is 1. The molecule has 1 heterocycles. The molecule has 0 bridgehead atoms. The molecule has 0 spiro atoms. The smallest absolute Gasteiger partial charge is 0.269 e. The molecule has 0 unspecified atom stereocenters. The topological polar surface area (TPSA) is 132 Å². The second-order valence-electron chi connectivity index (χ2n) is 5.72. The Labute approximate surface area is 159 Å². The van der Waals surface area contributed by atoms with E-state index in [1.165, 1.54) is 30.5 Å². The van der Waals surface area contributed by atoms with Gasteiger partial charge in [0.2, 0.25) is 6.10 Å². The fraction of sp³-hybridized carbons (Fsp3) is 0.167. The zero-order valence-corrected chi connectivity index (χ0v) is 14.5. The van der Waals surface area contributed by atoms with Gasteiger partial charge in [0.05, 0.1) is 17.7 Å². The van der Waals surface area contributed by atoms with Crippen LogP contribution < -0.4 is 20.2 Å². The average molecular weight is 384 g/mol. The third-order valence-corrected chi connectivity index (χ3v) is 3.73. The SMILES string of the molecule is O=C(CNC(=O)[C@H]1COc2ccccc2O1)N/N=C\c1ccc([N+](=O)[O-])cc1. The first kappa shape index (κ1) is 18.8. The summed E-state index contributed by atoms with van der Waals surface area (Å²) in [6.45, 7) is -0.249. The van der Waals surface area contributed by atoms with Crippen molar-refractivity contribution in [1.82, 2.24) is 10.7 Å². The number of hydrazone groups is 1. The molecule has 0 saturated carbocycles. The van der Waals surface area contributed by atoms with Gasteiger partial charge in [-0.25, -0.2) is 5.43 Å². The summed E-state index contributed by atoms with van der Waals surface area (Å²) in [4.78, 5) is 33.9. The summed E-state index contributed by atoms with van der Waals surface area (Å²) in [7, 11) is 0. The number of carbonyl (C=O) groups excluding carboxylic acids is 2. The molecular formula is C18H16N4O6. The standard InChI is InChI=1S/C18H16N4O6/c23-17(21-20-9-12-5-7-13(8-6-12)22(25)26)10-19-18(24)16-11-27-14-3-1-2-4-15(14)28-16/h1-9,16H,10-11H2,(H,19,24)(H,21,23)/b20-9-/t16-/m1/s1. The molecule has 1 atom stereocenters. The lowest BCUT2D eigenvalue weighted by Crippen LogP contribution is -2.46. The summed E-state index contributed by atoms with van der Waals surface area (Å²) in [5.41, 5.74) is 2.78. The van der Waals surface area contributed by atoms with Crippen LogP contribution in [0.2, 0.25) is 0 Å². The number of amides is 2. The average Bonchev–Trinajstić information content (AvgIpc) is 2.72. The van der Waals surface area contributed by atoms with E-state index >= 15 is 0 Å². The van der Waals surface area contributed by atoms with Gasteiger partial charge in [-0.05, 0) is 29.8 Å². The molecular weight excluding hydrogens is 368 g/mol. The van der Waals surface area contributed by atoms with Gasteiger partial charge in [0.1, 0.15) is 6.61 Å². The molecule has 28 heavy (non-hydrogen) atoms. The fourth-order valence-corrected chi connectivity index (χ4v) is 2.33. The molecule has 2 aromatic rings. The van der Waals surface area contributed by atoms with Crippen molar-refractivity contribution in [2.75, 3.05) is 13.2 Å². The molecule has 144 valence electrons. The highest BCUT2D eigenvalue weighted by atomic mass is 16.6. The zero-order valence-electron chi connectivity index (χ0n) is 14.5. The number of nitro benzene ring substituents is 1. The third kappa shape index (κ3) is 4.81. The van der Waals surface area contributed by atoms with Crippen molar-refractivity contribution in [3.63, 3.8) is 0 Å². The molecule has 0 radical (unpaired) electrons. The largest absolute Gasteiger partial charge is 0.485 e. The first-order valence-corrected chi connectivity index (χ1v) is 8.25. The lowest BCUT2D eigenvalue weighted by Gasteiger charge is -2.25. The Hall–Kier alpha value is -3.95. The maximum Gasteiger partial charge on any atom is 0.269 e. The minimum Gasteiger partial charge on any atom is -0.485 e. The molecule has 1 aliphatic rings. The van der Waals surface area contributed by atoms with Gasteiger partial charge in [0.15, 0.2) is 11.5 Å². The number of para-hydroxylation sites is 2. The molecule has 2 aromatic carbocycles. The van der Waals surface area contributed by atoms with Crippen molar-refractivity contribution < 1.29 is 24.0 Å². The van der Waals surface area contributed by atoms with E-state index in [9.17, 15) is 19.7 Å². The Bertz CT molecular complexity index is 913. The zero-order chi connectivity index (χ0) is 19.9. The molecule has 0 saturated heterocycles. The molecule has 1 aliphatic heterocycles. The van der Waals surface area contributed by atoms with Gasteiger partial charge in [-0.15, -0.1) is 0 Å². The summed E-state index contributed by atoms with van der Waals surface area (Å²) in [6, 6.07) is 12.6. The quantitative estimate of drug-likeness (QED) is 0.434. The van der Waals surface area contributed by atoms with Gasteiger partial charge in [0.25, 0.3) is 17.5 Å². The van der Waals surface area contributed by atoms with Gasteiger partial charge in [-0.1, -0.05) is 12.1 Å². The van der Waals surface area contributed by atoms with Crippen molar-refractivity contribution in [1.29, 1.82) is 0 Å². The number of fused-ring (bicyclic) bond motifs is 1. The Kier molecular flexibility index (Phi) is 5.80. The molecule has 2 amide bonds. The molecule has 10 nitrogen and oxygen atoms in total. The molecule has 3 rings (SSSR count). The van der Waals surface area contributed by atoms with Crippen LogP contribution in [0.3, 0.4) is 0 Å². The highest BCUT2D eigenvalue weighted by Gasteiger charge is 2.27. The second kappa shape index (κ2) is 8.62. The van der Waals surface area contributed by atoms with E-state index < -0.39 is 22.8 Å². The van der Waals surface area contributed by atoms with E-state index in [0.29, 0.717) is 17.1 Å². The Morgan fingerprint density at radius 3 is 2.61 bits per heavy atom. The minimum absolute atomic E-state index is 0.0413. The molecule has 0 aliphatic carbocycles. The predicted octanol–water partition coefficient (Wildman–Crippen LogP) is 1.00. The van der Waals surface area contributed by atoms with Crippen LogP contribution in [0.4, 0.5) is 5.69 Å². The first-order valence-electron chi connectivity index (χ1n) is 8.25. The lowest BCUT2D eigenvalue weighted by molar-refractivity contribution is -0.384. The maximum absolute atomic E-state index is 12.1. The molecule has 2 N–H and O–H groups in total. The van der Waals surface area contributed by atoms with Gasteiger partial charge < -0.3 is 14.8 Å². The monoisotopic (exact) mass is 384 g/mol. The number of nitrogens with one attached hydrogen (secondary N) is 2. The van der Waals surface area contributed by atoms with E-state index in [0.717, 1.165) is 0 Å². The highest BCUT2D eigenvalue weighted by molar-refractivity contribution is 5.88. The van der Waals surface area contributed by atoms with Crippen LogP contribution in [0, 0.1) is 10.1 Å². The van der Waals surface area contributed by atoms with E-state index in [1.807, 2.05) is 0 Å². The Morgan fingerprint density at radius 1 is 1.18 bits per heavy atom. The molecule has 10 heteroatoms. The number of nitro groups is 1. The molecule has 0 fully saturated rings. The van der Waals surface area contributed by atoms with Crippen LogP contribution in [0.25, 0.3) is 0 Å². The third-order valence-electron chi connectivity index (χ3n) is 3.73. The molecule has 0 aromatic heterocycles. The van der Waals surface area contributed by atoms with Crippen LogP contribution in [0.1, 0.15) is 5.56 Å². The van der Waals surface area contributed by atoms with Crippen molar-refractivity contribution in [2.45, 2.75) is 6.10 Å². The summed E-state index contributed by atoms with van der Waals surface area (Å²) in [6.07, 6.45) is 0.477. The van der Waals surface area contributed by atoms with E-state index in [1.54, 1.807) is 24.3 Å². The Balaban J connectivity index is 1.43. The maximum atomic E-state index is 12.1. The number of rotatable bonds is 6. The summed E-state index contributed by atoms with van der Waals surface area (Å²) < 4.78 is 11.0. The van der Waals surface area contributed by atoms with Gasteiger partial charge in [0, 0.05) is 12.1 Å². The summed E-state index contributed by atoms with van der Waals surface area (Å²) in [5.74, 6) is 0.00330. The lowest BCUT2D eigenvalue weighted by atomic mass is 10.2. The van der Waals surface area contributed by atoms with Gasteiger partial charge >= 0.3 is 0 Å². The minimum atomic E-state index is -0.855. The van der Waals surface area contributed by atoms with Crippen molar-refractivity contribution in [3.8, 4) is 11.5 Å². The predicted molar refractivity (Wildman–Crippen MR) is 98.2 cm³/mol.